The summed E-state index contributed by atoms with van der Waals surface area (Å²) >= 11 is 0. The zero-order chi connectivity index (χ0) is 24.3. The molecule has 0 bridgehead atoms. The van der Waals surface area contributed by atoms with Crippen LogP contribution in [-0.4, -0.2) is 50.0 Å². The summed E-state index contributed by atoms with van der Waals surface area (Å²) in [5, 5.41) is 6.60. The third-order valence-electron chi connectivity index (χ3n) is 5.81. The molecule has 0 saturated carbocycles. The number of sulfonamides is 1. The molecule has 0 unspecified atom stereocenters. The predicted octanol–water partition coefficient (Wildman–Crippen LogP) is 3.93. The minimum Gasteiger partial charge on any atom is -0.369 e. The van der Waals surface area contributed by atoms with Crippen LogP contribution in [0.25, 0.3) is 12.2 Å². The van der Waals surface area contributed by atoms with Crippen LogP contribution < -0.4 is 10.2 Å². The third-order valence-corrected chi connectivity index (χ3v) is 7.85. The van der Waals surface area contributed by atoms with Crippen LogP contribution in [0.2, 0.25) is 0 Å². The van der Waals surface area contributed by atoms with E-state index in [1.54, 1.807) is 42.4 Å². The van der Waals surface area contributed by atoms with E-state index in [0.29, 0.717) is 59.3 Å². The van der Waals surface area contributed by atoms with Crippen molar-refractivity contribution in [1.82, 2.24) is 9.46 Å². The molecule has 1 saturated heterocycles. The minimum atomic E-state index is -3.64. The molecule has 9 heteroatoms. The lowest BCUT2D eigenvalue weighted by Gasteiger charge is -2.35. The van der Waals surface area contributed by atoms with Gasteiger partial charge in [0, 0.05) is 38.8 Å². The number of rotatable bonds is 6. The second kappa shape index (κ2) is 9.82. The number of anilines is 2. The van der Waals surface area contributed by atoms with E-state index >= 15 is 0 Å². The zero-order valence-electron chi connectivity index (χ0n) is 19.5. The quantitative estimate of drug-likeness (QED) is 0.574. The monoisotopic (exact) mass is 480 g/mol. The summed E-state index contributed by atoms with van der Waals surface area (Å²) in [5.41, 5.74) is 3.56. The number of aryl methyl sites for hydroxylation is 2. The van der Waals surface area contributed by atoms with Gasteiger partial charge < -0.3 is 14.7 Å². The first-order valence-electron chi connectivity index (χ1n) is 11.1. The first-order chi connectivity index (χ1) is 16.3. The molecule has 34 heavy (non-hydrogen) atoms. The maximum absolute atomic E-state index is 13.5. The minimum absolute atomic E-state index is 0.225. The zero-order valence-corrected chi connectivity index (χ0v) is 20.3. The highest BCUT2D eigenvalue weighted by molar-refractivity contribution is 7.89. The van der Waals surface area contributed by atoms with Crippen LogP contribution in [0.3, 0.4) is 0 Å². The maximum Gasteiger partial charge on any atom is 0.243 e. The van der Waals surface area contributed by atoms with Gasteiger partial charge in [-0.1, -0.05) is 41.6 Å². The van der Waals surface area contributed by atoms with Gasteiger partial charge in [0.25, 0.3) is 0 Å². The van der Waals surface area contributed by atoms with Crippen LogP contribution in [0.4, 0.5) is 11.4 Å². The largest absolute Gasteiger partial charge is 0.369 e. The fourth-order valence-electron chi connectivity index (χ4n) is 3.96. The Kier molecular flexibility index (Phi) is 6.85. The Morgan fingerprint density at radius 1 is 1.03 bits per heavy atom. The Hall–Kier alpha value is -3.43. The molecule has 178 valence electrons. The summed E-state index contributed by atoms with van der Waals surface area (Å²) in [6.45, 7) is 7.08. The van der Waals surface area contributed by atoms with E-state index in [2.05, 4.69) is 15.4 Å². The number of aromatic nitrogens is 1. The number of carbonyl (C=O) groups excluding carboxylic acids is 1. The van der Waals surface area contributed by atoms with Crippen molar-refractivity contribution >= 4 is 39.5 Å². The van der Waals surface area contributed by atoms with Gasteiger partial charge >= 0.3 is 0 Å². The summed E-state index contributed by atoms with van der Waals surface area (Å²) in [5.74, 6) is 0.173. The molecule has 8 nitrogen and oxygen atoms in total. The van der Waals surface area contributed by atoms with Gasteiger partial charge in [0.05, 0.1) is 4.90 Å². The van der Waals surface area contributed by atoms with E-state index < -0.39 is 10.0 Å². The van der Waals surface area contributed by atoms with Crippen molar-refractivity contribution in [1.29, 1.82) is 0 Å². The van der Waals surface area contributed by atoms with Crippen LogP contribution in [0.15, 0.2) is 57.9 Å². The van der Waals surface area contributed by atoms with Crippen LogP contribution in [0, 0.1) is 13.8 Å². The molecule has 4 rings (SSSR count). The molecule has 2 heterocycles. The standard InChI is InChI=1S/C25H28N4O4S/c1-18-9-10-21(11-12-23-25(26-20(3)30)19(2)27-33-23)17-24(18)34(31,32)29-15-13-28(14-16-29)22-7-5-4-6-8-22/h4-12,17H,13-16H2,1-3H3,(H,26,30). The Labute approximate surface area is 199 Å². The number of hydrogen-bond acceptors (Lipinski definition) is 6. The van der Waals surface area contributed by atoms with Gasteiger partial charge in [-0.15, -0.1) is 0 Å². The molecule has 0 atom stereocenters. The average molecular weight is 481 g/mol. The number of carbonyl (C=O) groups is 1. The molecule has 0 spiro atoms. The van der Waals surface area contributed by atoms with E-state index in [0.717, 1.165) is 5.69 Å². The molecular formula is C25H28N4O4S. The van der Waals surface area contributed by atoms with E-state index in [9.17, 15) is 13.2 Å². The van der Waals surface area contributed by atoms with E-state index in [1.165, 1.54) is 6.92 Å². The lowest BCUT2D eigenvalue weighted by molar-refractivity contribution is -0.114. The van der Waals surface area contributed by atoms with Gasteiger partial charge in [0.2, 0.25) is 15.9 Å². The van der Waals surface area contributed by atoms with Gasteiger partial charge in [-0.05, 0) is 49.2 Å². The van der Waals surface area contributed by atoms with Gasteiger partial charge in [-0.2, -0.15) is 4.31 Å². The van der Waals surface area contributed by atoms with Gasteiger partial charge in [-0.3, -0.25) is 4.79 Å². The SMILES string of the molecule is CC(=O)Nc1c(C)noc1C=Cc1ccc(C)c(S(=O)(=O)N2CCN(c3ccccc3)CC2)c1. The van der Waals surface area contributed by atoms with Crippen LogP contribution >= 0.6 is 0 Å². The normalized spacial score (nSPS) is 15.1. The summed E-state index contributed by atoms with van der Waals surface area (Å²) in [4.78, 5) is 13.9. The Morgan fingerprint density at radius 3 is 2.41 bits per heavy atom. The number of para-hydroxylation sites is 1. The Bertz CT molecular complexity index is 1310. The van der Waals surface area contributed by atoms with E-state index in [1.807, 2.05) is 36.4 Å². The fraction of sp³-hybridized carbons (Fsp3) is 0.280. The highest BCUT2D eigenvalue weighted by atomic mass is 32.2. The lowest BCUT2D eigenvalue weighted by Crippen LogP contribution is -2.48. The fourth-order valence-corrected chi connectivity index (χ4v) is 5.65. The third kappa shape index (κ3) is 5.05. The smallest absolute Gasteiger partial charge is 0.243 e. The van der Waals surface area contributed by atoms with Crippen LogP contribution in [0.5, 0.6) is 0 Å². The molecule has 1 N–H and O–H groups in total. The Balaban J connectivity index is 1.53. The maximum atomic E-state index is 13.5. The second-order valence-electron chi connectivity index (χ2n) is 8.27. The number of nitrogens with zero attached hydrogens (tertiary/aromatic N) is 3. The molecule has 1 amide bonds. The molecule has 0 aliphatic carbocycles. The molecule has 1 aliphatic rings. The molecule has 2 aromatic carbocycles. The number of piperazine rings is 1. The summed E-state index contributed by atoms with van der Waals surface area (Å²) in [7, 11) is -3.64. The van der Waals surface area contributed by atoms with Crippen LogP contribution in [-0.2, 0) is 14.8 Å². The molecule has 1 aliphatic heterocycles. The van der Waals surface area contributed by atoms with Crippen molar-refractivity contribution < 1.29 is 17.7 Å². The highest BCUT2D eigenvalue weighted by Crippen LogP contribution is 2.26. The van der Waals surface area contributed by atoms with Gasteiger partial charge in [0.15, 0.2) is 5.76 Å². The first kappa shape index (κ1) is 23.7. The number of hydrogen-bond donors (Lipinski definition) is 1. The van der Waals surface area contributed by atoms with Crippen molar-refractivity contribution in [3.8, 4) is 0 Å². The van der Waals surface area contributed by atoms with Crippen molar-refractivity contribution in [2.75, 3.05) is 36.4 Å². The van der Waals surface area contributed by atoms with E-state index in [4.69, 9.17) is 4.52 Å². The summed E-state index contributed by atoms with van der Waals surface area (Å²) in [6.07, 6.45) is 3.42. The molecule has 0 radical (unpaired) electrons. The summed E-state index contributed by atoms with van der Waals surface area (Å²) in [6, 6.07) is 15.3. The topological polar surface area (TPSA) is 95.8 Å². The molecule has 3 aromatic rings. The number of nitrogens with one attached hydrogen (secondary N) is 1. The van der Waals surface area contributed by atoms with E-state index in [-0.39, 0.29) is 5.91 Å². The molecule has 1 aromatic heterocycles. The van der Waals surface area contributed by atoms with Crippen LogP contribution in [0.1, 0.15) is 29.5 Å². The predicted molar refractivity (Wildman–Crippen MR) is 133 cm³/mol. The second-order valence-corrected chi connectivity index (χ2v) is 10.2. The van der Waals surface area contributed by atoms with Gasteiger partial charge in [-0.25, -0.2) is 8.42 Å². The van der Waals surface area contributed by atoms with Gasteiger partial charge in [0.1, 0.15) is 11.4 Å². The van der Waals surface area contributed by atoms with Crippen molar-refractivity contribution in [2.24, 2.45) is 0 Å². The summed E-state index contributed by atoms with van der Waals surface area (Å²) < 4.78 is 33.8. The average Bonchev–Trinajstić information content (AvgIpc) is 3.17. The lowest BCUT2D eigenvalue weighted by atomic mass is 10.1. The van der Waals surface area contributed by atoms with Crippen molar-refractivity contribution in [3.05, 3.63) is 71.1 Å². The number of benzene rings is 2. The van der Waals surface area contributed by atoms with Crippen molar-refractivity contribution in [2.45, 2.75) is 25.7 Å². The van der Waals surface area contributed by atoms with Crippen molar-refractivity contribution in [3.63, 3.8) is 0 Å². The highest BCUT2D eigenvalue weighted by Gasteiger charge is 2.29. The molecular weight excluding hydrogens is 452 g/mol. The Morgan fingerprint density at radius 2 is 1.74 bits per heavy atom. The number of amides is 1. The first-order valence-corrected chi connectivity index (χ1v) is 12.5. The molecule has 1 fully saturated rings.